The molecule has 6 nitrogen and oxygen atoms in total. The van der Waals surface area contributed by atoms with Gasteiger partial charge in [0, 0.05) is 52.1 Å². The number of carbonyl (C=O) groups excluding carboxylic acids is 3. The number of piperazine rings is 1. The van der Waals surface area contributed by atoms with Crippen LogP contribution in [-0.4, -0.2) is 71.7 Å². The fraction of sp³-hybridized carbons (Fsp3) is 0.800. The van der Waals surface area contributed by atoms with Gasteiger partial charge in [-0.05, 0) is 12.8 Å². The van der Waals surface area contributed by atoms with Crippen LogP contribution in [0.4, 0.5) is 0 Å². The van der Waals surface area contributed by atoms with Crippen molar-refractivity contribution in [1.29, 1.82) is 0 Å². The molecule has 2 aliphatic rings. The number of nitrogens with zero attached hydrogens (tertiary/aromatic N) is 3. The molecule has 2 rings (SSSR count). The largest absolute Gasteiger partial charge is 0.342 e. The Balaban J connectivity index is 1.79. The minimum Gasteiger partial charge on any atom is -0.342 e. The van der Waals surface area contributed by atoms with Crippen LogP contribution >= 0.6 is 0 Å². The van der Waals surface area contributed by atoms with Crippen molar-refractivity contribution in [3.8, 4) is 0 Å². The molecule has 118 valence electrons. The smallest absolute Gasteiger partial charge is 0.224 e. The van der Waals surface area contributed by atoms with Gasteiger partial charge in [-0.2, -0.15) is 0 Å². The van der Waals surface area contributed by atoms with Gasteiger partial charge in [0.15, 0.2) is 0 Å². The van der Waals surface area contributed by atoms with Gasteiger partial charge < -0.3 is 14.7 Å². The van der Waals surface area contributed by atoms with Gasteiger partial charge in [-0.15, -0.1) is 0 Å². The molecule has 1 aliphatic heterocycles. The quantitative estimate of drug-likeness (QED) is 0.693. The lowest BCUT2D eigenvalue weighted by atomic mass is 10.2. The molecular weight excluding hydrogens is 270 g/mol. The van der Waals surface area contributed by atoms with E-state index < -0.39 is 0 Å². The second-order valence-electron chi connectivity index (χ2n) is 5.92. The Morgan fingerprint density at radius 1 is 1.14 bits per heavy atom. The molecule has 0 bridgehead atoms. The van der Waals surface area contributed by atoms with Crippen molar-refractivity contribution in [2.75, 3.05) is 32.7 Å². The first-order valence-corrected chi connectivity index (χ1v) is 7.86. The van der Waals surface area contributed by atoms with Crippen LogP contribution < -0.4 is 0 Å². The molecule has 0 unspecified atom stereocenters. The Bertz CT molecular complexity index is 386. The summed E-state index contributed by atoms with van der Waals surface area (Å²) >= 11 is 0. The summed E-state index contributed by atoms with van der Waals surface area (Å²) in [6.07, 6.45) is 5.69. The van der Waals surface area contributed by atoms with Crippen molar-refractivity contribution in [2.24, 2.45) is 0 Å². The van der Waals surface area contributed by atoms with Gasteiger partial charge in [-0.1, -0.05) is 12.8 Å². The molecule has 3 amide bonds. The molecule has 0 aromatic carbocycles. The number of hydrogen-bond acceptors (Lipinski definition) is 3. The second kappa shape index (κ2) is 7.43. The van der Waals surface area contributed by atoms with Crippen LogP contribution in [0.25, 0.3) is 0 Å². The zero-order valence-corrected chi connectivity index (χ0v) is 12.8. The molecule has 0 atom stereocenters. The van der Waals surface area contributed by atoms with E-state index >= 15 is 0 Å². The topological polar surface area (TPSA) is 60.9 Å². The average Bonchev–Trinajstić information content (AvgIpc) is 3.01. The highest BCUT2D eigenvalue weighted by molar-refractivity contribution is 5.78. The predicted octanol–water partition coefficient (Wildman–Crippen LogP) is 0.468. The zero-order chi connectivity index (χ0) is 15.2. The third kappa shape index (κ3) is 4.19. The van der Waals surface area contributed by atoms with E-state index in [9.17, 15) is 14.4 Å². The van der Waals surface area contributed by atoms with Crippen LogP contribution in [0.15, 0.2) is 0 Å². The van der Waals surface area contributed by atoms with Crippen molar-refractivity contribution < 1.29 is 14.4 Å². The van der Waals surface area contributed by atoms with Gasteiger partial charge in [0.05, 0.1) is 0 Å². The van der Waals surface area contributed by atoms with Gasteiger partial charge in [0.25, 0.3) is 0 Å². The van der Waals surface area contributed by atoms with Crippen LogP contribution in [-0.2, 0) is 14.4 Å². The monoisotopic (exact) mass is 295 g/mol. The van der Waals surface area contributed by atoms with E-state index in [0.717, 1.165) is 19.3 Å². The van der Waals surface area contributed by atoms with E-state index in [1.165, 1.54) is 12.8 Å². The van der Waals surface area contributed by atoms with Gasteiger partial charge in [-0.3, -0.25) is 14.4 Å². The number of amides is 3. The van der Waals surface area contributed by atoms with Crippen LogP contribution in [0.3, 0.4) is 0 Å². The molecule has 2 fully saturated rings. The maximum atomic E-state index is 12.2. The van der Waals surface area contributed by atoms with Crippen LogP contribution in [0.2, 0.25) is 0 Å². The van der Waals surface area contributed by atoms with E-state index in [1.807, 2.05) is 4.90 Å². The summed E-state index contributed by atoms with van der Waals surface area (Å²) in [7, 11) is 0. The van der Waals surface area contributed by atoms with E-state index in [4.69, 9.17) is 0 Å². The Morgan fingerprint density at radius 3 is 2.29 bits per heavy atom. The standard InChI is InChI=1S/C15H25N3O3/c1-13(20)18(14-4-2-3-5-14)7-6-15(21)17-10-8-16(12-19)9-11-17/h12,14H,2-11H2,1H3. The summed E-state index contributed by atoms with van der Waals surface area (Å²) < 4.78 is 0. The molecule has 0 aromatic rings. The minimum absolute atomic E-state index is 0.0699. The number of rotatable bonds is 5. The SMILES string of the molecule is CC(=O)N(CCC(=O)N1CCN(C=O)CC1)C1CCCC1. The van der Waals surface area contributed by atoms with Crippen LogP contribution in [0.5, 0.6) is 0 Å². The fourth-order valence-corrected chi connectivity index (χ4v) is 3.26. The lowest BCUT2D eigenvalue weighted by Crippen LogP contribution is -2.49. The average molecular weight is 295 g/mol. The summed E-state index contributed by atoms with van der Waals surface area (Å²) in [6.45, 7) is 4.52. The maximum absolute atomic E-state index is 12.2. The second-order valence-corrected chi connectivity index (χ2v) is 5.92. The highest BCUT2D eigenvalue weighted by Gasteiger charge is 2.26. The number of carbonyl (C=O) groups is 3. The first-order chi connectivity index (χ1) is 10.1. The molecule has 1 heterocycles. The number of hydrogen-bond donors (Lipinski definition) is 0. The summed E-state index contributed by atoms with van der Waals surface area (Å²) in [4.78, 5) is 40.0. The lowest BCUT2D eigenvalue weighted by molar-refractivity contribution is -0.137. The molecular formula is C15H25N3O3. The summed E-state index contributed by atoms with van der Waals surface area (Å²) in [6, 6.07) is 0.321. The van der Waals surface area contributed by atoms with E-state index in [1.54, 1.807) is 16.7 Å². The van der Waals surface area contributed by atoms with Crippen molar-refractivity contribution in [3.63, 3.8) is 0 Å². The molecule has 0 N–H and O–H groups in total. The van der Waals surface area contributed by atoms with Gasteiger partial charge in [-0.25, -0.2) is 0 Å². The summed E-state index contributed by atoms with van der Waals surface area (Å²) in [5.74, 6) is 0.158. The van der Waals surface area contributed by atoms with E-state index in [-0.39, 0.29) is 11.8 Å². The molecule has 0 radical (unpaired) electrons. The highest BCUT2D eigenvalue weighted by atomic mass is 16.2. The summed E-state index contributed by atoms with van der Waals surface area (Å²) in [5.41, 5.74) is 0. The van der Waals surface area contributed by atoms with Crippen molar-refractivity contribution >= 4 is 18.2 Å². The Kier molecular flexibility index (Phi) is 5.59. The van der Waals surface area contributed by atoms with Crippen LogP contribution in [0.1, 0.15) is 39.0 Å². The molecule has 6 heteroatoms. The maximum Gasteiger partial charge on any atom is 0.224 e. The minimum atomic E-state index is 0.0699. The van der Waals surface area contributed by atoms with Crippen molar-refractivity contribution in [3.05, 3.63) is 0 Å². The first kappa shape index (κ1) is 15.8. The highest BCUT2D eigenvalue weighted by Crippen LogP contribution is 2.23. The van der Waals surface area contributed by atoms with Gasteiger partial charge in [0.1, 0.15) is 0 Å². The Morgan fingerprint density at radius 2 is 1.76 bits per heavy atom. The Hall–Kier alpha value is -1.59. The van der Waals surface area contributed by atoms with Gasteiger partial charge in [0.2, 0.25) is 18.2 Å². The normalized spacial score (nSPS) is 19.7. The Labute approximate surface area is 126 Å². The van der Waals surface area contributed by atoms with Gasteiger partial charge >= 0.3 is 0 Å². The molecule has 1 saturated heterocycles. The first-order valence-electron chi connectivity index (χ1n) is 7.86. The zero-order valence-electron chi connectivity index (χ0n) is 12.8. The molecule has 1 aliphatic carbocycles. The van der Waals surface area contributed by atoms with E-state index in [2.05, 4.69) is 0 Å². The molecule has 1 saturated carbocycles. The van der Waals surface area contributed by atoms with E-state index in [0.29, 0.717) is 45.2 Å². The third-order valence-electron chi connectivity index (χ3n) is 4.55. The summed E-state index contributed by atoms with van der Waals surface area (Å²) in [5, 5.41) is 0. The third-order valence-corrected chi connectivity index (χ3v) is 4.55. The molecule has 0 spiro atoms. The van der Waals surface area contributed by atoms with Crippen LogP contribution in [0, 0.1) is 0 Å². The lowest BCUT2D eigenvalue weighted by Gasteiger charge is -2.33. The molecule has 0 aromatic heterocycles. The fourth-order valence-electron chi connectivity index (χ4n) is 3.26. The van der Waals surface area contributed by atoms with Crippen molar-refractivity contribution in [1.82, 2.24) is 14.7 Å². The predicted molar refractivity (Wildman–Crippen MR) is 78.5 cm³/mol. The van der Waals surface area contributed by atoms with Crippen molar-refractivity contribution in [2.45, 2.75) is 45.1 Å². The molecule has 21 heavy (non-hydrogen) atoms.